The van der Waals surface area contributed by atoms with Crippen LogP contribution in [0.4, 0.5) is 5.69 Å². The SMILES string of the molecule is CC(C)(C)NS(=O)(=O)c1ccc2c(C3CCCCC3)c(-c3ccc(CN)cc3N)[nH]c2c1. The molecule has 172 valence electrons. The van der Waals surface area contributed by atoms with Crippen molar-refractivity contribution in [3.63, 3.8) is 0 Å². The molecule has 0 radical (unpaired) electrons. The summed E-state index contributed by atoms with van der Waals surface area (Å²) in [5.41, 5.74) is 17.3. The van der Waals surface area contributed by atoms with Crippen LogP contribution in [0.15, 0.2) is 41.3 Å². The molecule has 0 spiro atoms. The minimum absolute atomic E-state index is 0.259. The van der Waals surface area contributed by atoms with Gasteiger partial charge in [-0.05, 0) is 68.9 Å². The van der Waals surface area contributed by atoms with Crippen LogP contribution in [-0.2, 0) is 16.6 Å². The van der Waals surface area contributed by atoms with E-state index in [1.165, 1.54) is 24.8 Å². The lowest BCUT2D eigenvalue weighted by molar-refractivity contribution is 0.446. The van der Waals surface area contributed by atoms with E-state index in [0.29, 0.717) is 18.2 Å². The van der Waals surface area contributed by atoms with E-state index in [4.69, 9.17) is 11.5 Å². The molecule has 6 nitrogen and oxygen atoms in total. The predicted molar refractivity (Wildman–Crippen MR) is 132 cm³/mol. The van der Waals surface area contributed by atoms with Crippen LogP contribution in [0.25, 0.3) is 22.2 Å². The van der Waals surface area contributed by atoms with Gasteiger partial charge >= 0.3 is 0 Å². The highest BCUT2D eigenvalue weighted by Gasteiger charge is 2.27. The predicted octanol–water partition coefficient (Wildman–Crippen LogP) is 5.00. The number of anilines is 1. The van der Waals surface area contributed by atoms with E-state index in [1.54, 1.807) is 12.1 Å². The van der Waals surface area contributed by atoms with Crippen molar-refractivity contribution >= 4 is 26.6 Å². The molecular weight excluding hydrogens is 420 g/mol. The third-order valence-electron chi connectivity index (χ3n) is 6.20. The summed E-state index contributed by atoms with van der Waals surface area (Å²) in [6, 6.07) is 11.3. The second-order valence-electron chi connectivity index (χ2n) is 9.94. The van der Waals surface area contributed by atoms with Crippen molar-refractivity contribution in [2.45, 2.75) is 75.8 Å². The highest BCUT2D eigenvalue weighted by atomic mass is 32.2. The van der Waals surface area contributed by atoms with Crippen molar-refractivity contribution < 1.29 is 8.42 Å². The molecular formula is C25H34N4O2S. The monoisotopic (exact) mass is 454 g/mol. The number of sulfonamides is 1. The number of fused-ring (bicyclic) bond motifs is 1. The van der Waals surface area contributed by atoms with E-state index in [1.807, 2.05) is 45.0 Å². The zero-order valence-electron chi connectivity index (χ0n) is 19.2. The number of benzene rings is 2. The zero-order chi connectivity index (χ0) is 23.1. The van der Waals surface area contributed by atoms with Gasteiger partial charge in [-0.2, -0.15) is 0 Å². The highest BCUT2D eigenvalue weighted by Crippen LogP contribution is 2.44. The molecule has 1 heterocycles. The molecule has 0 saturated heterocycles. The normalized spacial score (nSPS) is 16.0. The number of rotatable bonds is 5. The first-order chi connectivity index (χ1) is 15.1. The quantitative estimate of drug-likeness (QED) is 0.406. The maximum Gasteiger partial charge on any atom is 0.241 e. The summed E-state index contributed by atoms with van der Waals surface area (Å²) >= 11 is 0. The van der Waals surface area contributed by atoms with Gasteiger partial charge in [0.05, 0.1) is 10.6 Å². The molecule has 4 rings (SSSR count). The minimum Gasteiger partial charge on any atom is -0.398 e. The Kier molecular flexibility index (Phi) is 6.09. The molecule has 1 saturated carbocycles. The standard InChI is InChI=1S/C25H34N4O2S/c1-25(2,3)29-32(30,31)18-10-12-20-22(14-18)28-24(23(20)17-7-5-4-6-8-17)19-11-9-16(15-26)13-21(19)27/h9-14,17,28-29H,4-8,15,26-27H2,1-3H3. The van der Waals surface area contributed by atoms with Crippen LogP contribution >= 0.6 is 0 Å². The Hall–Kier alpha value is -2.35. The molecule has 1 aliphatic rings. The summed E-state index contributed by atoms with van der Waals surface area (Å²) < 4.78 is 28.6. The van der Waals surface area contributed by atoms with Gasteiger partial charge in [-0.25, -0.2) is 13.1 Å². The van der Waals surface area contributed by atoms with Gasteiger partial charge in [0.25, 0.3) is 0 Å². The molecule has 6 N–H and O–H groups in total. The third-order valence-corrected chi connectivity index (χ3v) is 7.95. The van der Waals surface area contributed by atoms with E-state index in [-0.39, 0.29) is 4.90 Å². The van der Waals surface area contributed by atoms with E-state index >= 15 is 0 Å². The summed E-state index contributed by atoms with van der Waals surface area (Å²) in [5.74, 6) is 0.427. The number of nitrogen functional groups attached to an aromatic ring is 1. The average molecular weight is 455 g/mol. The van der Waals surface area contributed by atoms with Crippen LogP contribution in [0.5, 0.6) is 0 Å². The average Bonchev–Trinajstić information content (AvgIpc) is 3.11. The molecule has 0 unspecified atom stereocenters. The second-order valence-corrected chi connectivity index (χ2v) is 11.6. The van der Waals surface area contributed by atoms with Gasteiger partial charge in [0.2, 0.25) is 10.0 Å². The minimum atomic E-state index is -3.63. The zero-order valence-corrected chi connectivity index (χ0v) is 20.0. The first-order valence-corrected chi connectivity index (χ1v) is 12.9. The van der Waals surface area contributed by atoms with E-state index < -0.39 is 15.6 Å². The molecule has 0 bridgehead atoms. The molecule has 0 amide bonds. The summed E-state index contributed by atoms with van der Waals surface area (Å²) in [6.45, 7) is 5.95. The van der Waals surface area contributed by atoms with E-state index in [0.717, 1.165) is 40.6 Å². The third kappa shape index (κ3) is 4.56. The number of nitrogens with one attached hydrogen (secondary N) is 2. The molecule has 7 heteroatoms. The number of H-pyrrole nitrogens is 1. The Labute approximate surface area is 190 Å². The summed E-state index contributed by atoms with van der Waals surface area (Å²) in [5, 5.41) is 1.07. The fraction of sp³-hybridized carbons (Fsp3) is 0.440. The summed E-state index contributed by atoms with van der Waals surface area (Å²) in [6.07, 6.45) is 5.95. The number of nitrogens with two attached hydrogens (primary N) is 2. The topological polar surface area (TPSA) is 114 Å². The Morgan fingerprint density at radius 1 is 1.06 bits per heavy atom. The lowest BCUT2D eigenvalue weighted by Crippen LogP contribution is -2.40. The largest absolute Gasteiger partial charge is 0.398 e. The van der Waals surface area contributed by atoms with Crippen LogP contribution in [0.1, 0.15) is 69.9 Å². The number of hydrogen-bond donors (Lipinski definition) is 4. The maximum atomic E-state index is 12.9. The smallest absolute Gasteiger partial charge is 0.241 e. The fourth-order valence-electron chi connectivity index (χ4n) is 4.82. The van der Waals surface area contributed by atoms with Gasteiger partial charge in [0.15, 0.2) is 0 Å². The van der Waals surface area contributed by atoms with Gasteiger partial charge in [0.1, 0.15) is 0 Å². The lowest BCUT2D eigenvalue weighted by Gasteiger charge is -2.23. The summed E-state index contributed by atoms with van der Waals surface area (Å²) in [7, 11) is -3.63. The molecule has 3 aromatic rings. The maximum absolute atomic E-state index is 12.9. The van der Waals surface area contributed by atoms with Crippen molar-refractivity contribution in [3.05, 3.63) is 47.5 Å². The van der Waals surface area contributed by atoms with Crippen LogP contribution < -0.4 is 16.2 Å². The Balaban J connectivity index is 1.89. The second kappa shape index (κ2) is 8.54. The molecule has 0 aliphatic heterocycles. The van der Waals surface area contributed by atoms with E-state index in [9.17, 15) is 8.42 Å². The number of hydrogen-bond acceptors (Lipinski definition) is 4. The van der Waals surface area contributed by atoms with Gasteiger partial charge in [-0.3, -0.25) is 0 Å². The van der Waals surface area contributed by atoms with Crippen LogP contribution in [-0.4, -0.2) is 18.9 Å². The Morgan fingerprint density at radius 3 is 2.41 bits per heavy atom. The van der Waals surface area contributed by atoms with Crippen molar-refractivity contribution in [1.29, 1.82) is 0 Å². The molecule has 2 aromatic carbocycles. The van der Waals surface area contributed by atoms with E-state index in [2.05, 4.69) is 9.71 Å². The highest BCUT2D eigenvalue weighted by molar-refractivity contribution is 7.89. The fourth-order valence-corrected chi connectivity index (χ4v) is 6.27. The molecule has 1 aliphatic carbocycles. The van der Waals surface area contributed by atoms with Crippen LogP contribution in [0.2, 0.25) is 0 Å². The van der Waals surface area contributed by atoms with Gasteiger partial charge in [-0.15, -0.1) is 0 Å². The molecule has 0 atom stereocenters. The first kappa shape index (κ1) is 22.8. The van der Waals surface area contributed by atoms with Crippen molar-refractivity contribution in [3.8, 4) is 11.3 Å². The van der Waals surface area contributed by atoms with Crippen LogP contribution in [0, 0.1) is 0 Å². The number of aromatic nitrogens is 1. The molecule has 1 fully saturated rings. The Bertz CT molecular complexity index is 1230. The lowest BCUT2D eigenvalue weighted by atomic mass is 9.81. The molecule has 1 aromatic heterocycles. The van der Waals surface area contributed by atoms with Gasteiger partial charge < -0.3 is 16.5 Å². The van der Waals surface area contributed by atoms with Crippen molar-refractivity contribution in [1.82, 2.24) is 9.71 Å². The first-order valence-electron chi connectivity index (χ1n) is 11.4. The van der Waals surface area contributed by atoms with Crippen molar-refractivity contribution in [2.24, 2.45) is 5.73 Å². The van der Waals surface area contributed by atoms with Gasteiger partial charge in [-0.1, -0.05) is 37.5 Å². The van der Waals surface area contributed by atoms with Gasteiger partial charge in [0, 0.05) is 34.2 Å². The number of aromatic amines is 1. The molecule has 32 heavy (non-hydrogen) atoms. The Morgan fingerprint density at radius 2 is 1.78 bits per heavy atom. The van der Waals surface area contributed by atoms with Crippen LogP contribution in [0.3, 0.4) is 0 Å². The van der Waals surface area contributed by atoms with Crippen molar-refractivity contribution in [2.75, 3.05) is 5.73 Å². The summed E-state index contributed by atoms with van der Waals surface area (Å²) in [4.78, 5) is 3.79.